The Morgan fingerprint density at radius 2 is 1.52 bits per heavy atom. The molecule has 4 unspecified atom stereocenters. The molecular formula is C16H24F4O. The van der Waals surface area contributed by atoms with Crippen molar-refractivity contribution in [3.63, 3.8) is 0 Å². The molecule has 0 amide bonds. The summed E-state index contributed by atoms with van der Waals surface area (Å²) in [6.45, 7) is 3.55. The zero-order valence-corrected chi connectivity index (χ0v) is 12.6. The van der Waals surface area contributed by atoms with Gasteiger partial charge in [-0.25, -0.2) is 4.39 Å². The van der Waals surface area contributed by atoms with Crippen LogP contribution in [0.3, 0.4) is 0 Å². The SMILES string of the molecule is CC1CCC(C(=O)C2CCC(C)C(C(F)(F)F)C2F)CC1. The fraction of sp³-hybridized carbons (Fsp3) is 0.938. The van der Waals surface area contributed by atoms with E-state index in [1.165, 1.54) is 6.92 Å². The highest BCUT2D eigenvalue weighted by atomic mass is 19.4. The number of hydrogen-bond acceptors (Lipinski definition) is 1. The molecule has 0 N–H and O–H groups in total. The highest BCUT2D eigenvalue weighted by Gasteiger charge is 2.54. The Morgan fingerprint density at radius 3 is 2.05 bits per heavy atom. The number of ketones is 1. The third kappa shape index (κ3) is 3.59. The van der Waals surface area contributed by atoms with Crippen LogP contribution in [0.15, 0.2) is 0 Å². The normalized spacial score (nSPS) is 41.8. The van der Waals surface area contributed by atoms with Crippen LogP contribution in [-0.2, 0) is 4.79 Å². The van der Waals surface area contributed by atoms with Gasteiger partial charge in [0.05, 0.1) is 5.92 Å². The molecule has 0 radical (unpaired) electrons. The molecule has 2 aliphatic rings. The third-order valence-corrected chi connectivity index (χ3v) is 5.44. The van der Waals surface area contributed by atoms with E-state index in [0.717, 1.165) is 12.8 Å². The van der Waals surface area contributed by atoms with E-state index in [-0.39, 0.29) is 24.5 Å². The molecule has 0 aliphatic heterocycles. The van der Waals surface area contributed by atoms with Crippen LogP contribution in [-0.4, -0.2) is 18.1 Å². The second kappa shape index (κ2) is 6.25. The van der Waals surface area contributed by atoms with Crippen LogP contribution in [0.5, 0.6) is 0 Å². The van der Waals surface area contributed by atoms with E-state index in [4.69, 9.17) is 0 Å². The van der Waals surface area contributed by atoms with Crippen LogP contribution in [0.4, 0.5) is 17.6 Å². The Bertz CT molecular complexity index is 371. The van der Waals surface area contributed by atoms with E-state index < -0.39 is 30.1 Å². The van der Waals surface area contributed by atoms with Gasteiger partial charge in [0.15, 0.2) is 0 Å². The van der Waals surface area contributed by atoms with Crippen molar-refractivity contribution >= 4 is 5.78 Å². The summed E-state index contributed by atoms with van der Waals surface area (Å²) in [5.74, 6) is -3.70. The lowest BCUT2D eigenvalue weighted by molar-refractivity contribution is -0.218. The molecule has 2 rings (SSSR count). The molecule has 0 aromatic carbocycles. The number of rotatable bonds is 2. The van der Waals surface area contributed by atoms with Gasteiger partial charge in [-0.1, -0.05) is 26.7 Å². The van der Waals surface area contributed by atoms with Gasteiger partial charge in [0, 0.05) is 11.8 Å². The average molecular weight is 308 g/mol. The zero-order valence-electron chi connectivity index (χ0n) is 12.6. The second-order valence-corrected chi connectivity index (χ2v) is 7.03. The van der Waals surface area contributed by atoms with Crippen molar-refractivity contribution in [1.29, 1.82) is 0 Å². The summed E-state index contributed by atoms with van der Waals surface area (Å²) >= 11 is 0. The maximum Gasteiger partial charge on any atom is 0.394 e. The second-order valence-electron chi connectivity index (χ2n) is 7.03. The quantitative estimate of drug-likeness (QED) is 0.660. The van der Waals surface area contributed by atoms with Crippen molar-refractivity contribution in [3.8, 4) is 0 Å². The Morgan fingerprint density at radius 1 is 0.952 bits per heavy atom. The van der Waals surface area contributed by atoms with Crippen molar-refractivity contribution in [3.05, 3.63) is 0 Å². The first kappa shape index (κ1) is 16.8. The van der Waals surface area contributed by atoms with E-state index in [1.807, 2.05) is 0 Å². The smallest absolute Gasteiger partial charge is 0.299 e. The van der Waals surface area contributed by atoms with Crippen LogP contribution < -0.4 is 0 Å². The summed E-state index contributed by atoms with van der Waals surface area (Å²) in [7, 11) is 0. The van der Waals surface area contributed by atoms with E-state index in [9.17, 15) is 22.4 Å². The number of alkyl halides is 4. The third-order valence-electron chi connectivity index (χ3n) is 5.44. The summed E-state index contributed by atoms with van der Waals surface area (Å²) in [4.78, 5) is 12.4. The molecule has 21 heavy (non-hydrogen) atoms. The molecule has 2 fully saturated rings. The monoisotopic (exact) mass is 308 g/mol. The molecule has 0 aromatic heterocycles. The number of carbonyl (C=O) groups is 1. The highest BCUT2D eigenvalue weighted by molar-refractivity contribution is 5.84. The molecule has 5 heteroatoms. The van der Waals surface area contributed by atoms with Gasteiger partial charge in [-0.3, -0.25) is 4.79 Å². The van der Waals surface area contributed by atoms with Crippen molar-refractivity contribution in [2.24, 2.45) is 29.6 Å². The van der Waals surface area contributed by atoms with E-state index in [2.05, 4.69) is 6.92 Å². The van der Waals surface area contributed by atoms with Gasteiger partial charge in [-0.15, -0.1) is 0 Å². The number of carbonyl (C=O) groups excluding carboxylic acids is 1. The number of hydrogen-bond donors (Lipinski definition) is 0. The van der Waals surface area contributed by atoms with Crippen LogP contribution in [0.2, 0.25) is 0 Å². The maximum atomic E-state index is 14.4. The molecule has 122 valence electrons. The molecule has 4 atom stereocenters. The van der Waals surface area contributed by atoms with Gasteiger partial charge in [-0.2, -0.15) is 13.2 Å². The van der Waals surface area contributed by atoms with Crippen molar-refractivity contribution in [2.75, 3.05) is 0 Å². The molecular weight excluding hydrogens is 284 g/mol. The minimum Gasteiger partial charge on any atom is -0.299 e. The van der Waals surface area contributed by atoms with Gasteiger partial charge in [0.2, 0.25) is 0 Å². The first-order valence-corrected chi connectivity index (χ1v) is 7.96. The Balaban J connectivity index is 2.07. The molecule has 2 aliphatic carbocycles. The summed E-state index contributed by atoms with van der Waals surface area (Å²) in [6, 6.07) is 0. The van der Waals surface area contributed by atoms with Crippen molar-refractivity contribution < 1.29 is 22.4 Å². The van der Waals surface area contributed by atoms with Crippen LogP contribution >= 0.6 is 0 Å². The minimum atomic E-state index is -4.56. The minimum absolute atomic E-state index is 0.230. The predicted octanol–water partition coefficient (Wildman–Crippen LogP) is 4.94. The lowest BCUT2D eigenvalue weighted by atomic mass is 9.68. The number of Topliss-reactive ketones (excluding diaryl/α,β-unsaturated/α-hetero) is 1. The van der Waals surface area contributed by atoms with Gasteiger partial charge >= 0.3 is 6.18 Å². The van der Waals surface area contributed by atoms with Gasteiger partial charge in [0.25, 0.3) is 0 Å². The van der Waals surface area contributed by atoms with Gasteiger partial charge in [0.1, 0.15) is 12.0 Å². The molecule has 2 saturated carbocycles. The average Bonchev–Trinajstić information content (AvgIpc) is 2.37. The zero-order chi connectivity index (χ0) is 15.8. The Hall–Kier alpha value is -0.610. The molecule has 0 saturated heterocycles. The molecule has 0 aromatic rings. The standard InChI is InChI=1S/C16H24F4O/c1-9-3-6-11(7-4-9)15(21)12-8-5-10(2)13(14(12)17)16(18,19)20/h9-14H,3-8H2,1-2H3. The molecule has 0 heterocycles. The predicted molar refractivity (Wildman–Crippen MR) is 72.5 cm³/mol. The largest absolute Gasteiger partial charge is 0.394 e. The summed E-state index contributed by atoms with van der Waals surface area (Å²) in [5, 5.41) is 0. The summed E-state index contributed by atoms with van der Waals surface area (Å²) in [5.41, 5.74) is 0. The van der Waals surface area contributed by atoms with E-state index >= 15 is 0 Å². The van der Waals surface area contributed by atoms with E-state index in [1.54, 1.807) is 0 Å². The van der Waals surface area contributed by atoms with Crippen LogP contribution in [0, 0.1) is 29.6 Å². The molecule has 0 spiro atoms. The molecule has 0 bridgehead atoms. The first-order valence-electron chi connectivity index (χ1n) is 7.96. The summed E-state index contributed by atoms with van der Waals surface area (Å²) < 4.78 is 53.5. The Kier molecular flexibility index (Phi) is 4.99. The first-order chi connectivity index (χ1) is 9.71. The van der Waals surface area contributed by atoms with Crippen molar-refractivity contribution in [1.82, 2.24) is 0 Å². The maximum absolute atomic E-state index is 14.4. The van der Waals surface area contributed by atoms with E-state index in [0.29, 0.717) is 18.8 Å². The summed E-state index contributed by atoms with van der Waals surface area (Å²) in [6.07, 6.45) is -2.84. The molecule has 1 nitrogen and oxygen atoms in total. The fourth-order valence-corrected chi connectivity index (χ4v) is 4.00. The van der Waals surface area contributed by atoms with Gasteiger partial charge in [-0.05, 0) is 37.5 Å². The topological polar surface area (TPSA) is 17.1 Å². The lowest BCUT2D eigenvalue weighted by Gasteiger charge is -2.39. The van der Waals surface area contributed by atoms with Crippen molar-refractivity contribution in [2.45, 2.75) is 64.7 Å². The number of halogens is 4. The van der Waals surface area contributed by atoms with Crippen LogP contribution in [0.1, 0.15) is 52.4 Å². The highest BCUT2D eigenvalue weighted by Crippen LogP contribution is 2.46. The fourth-order valence-electron chi connectivity index (χ4n) is 4.00. The Labute approximate surface area is 123 Å². The van der Waals surface area contributed by atoms with Crippen LogP contribution in [0.25, 0.3) is 0 Å². The lowest BCUT2D eigenvalue weighted by Crippen LogP contribution is -2.47. The van der Waals surface area contributed by atoms with Gasteiger partial charge < -0.3 is 0 Å².